The smallest absolute Gasteiger partial charge is 0.259 e. The highest BCUT2D eigenvalue weighted by molar-refractivity contribution is 6.92. The molecule has 0 spiro atoms. The van der Waals surface area contributed by atoms with E-state index in [9.17, 15) is 8.22 Å². The van der Waals surface area contributed by atoms with E-state index in [1.807, 2.05) is 0 Å². The van der Waals surface area contributed by atoms with Gasteiger partial charge < -0.3 is 0 Å². The molecule has 3 heteroatoms. The number of rotatable bonds is 2. The molecule has 88 valence electrons. The molecule has 0 aliphatic rings. The van der Waals surface area contributed by atoms with Crippen LogP contribution in [0.4, 0.5) is 8.22 Å². The van der Waals surface area contributed by atoms with Gasteiger partial charge in [-0.05, 0) is 25.0 Å². The zero-order chi connectivity index (χ0) is 12.5. The number of halogens is 2. The van der Waals surface area contributed by atoms with Crippen LogP contribution in [0.1, 0.15) is 11.1 Å². The highest BCUT2D eigenvalue weighted by Gasteiger charge is 2.42. The van der Waals surface area contributed by atoms with Crippen molar-refractivity contribution in [3.05, 3.63) is 59.7 Å². The van der Waals surface area contributed by atoms with E-state index in [0.717, 1.165) is 0 Å². The molecule has 2 aromatic rings. The second-order valence-corrected chi connectivity index (χ2v) is 6.43. The molecule has 0 bridgehead atoms. The fourth-order valence-electron chi connectivity index (χ4n) is 2.00. The summed E-state index contributed by atoms with van der Waals surface area (Å²) in [4.78, 5) is 0. The summed E-state index contributed by atoms with van der Waals surface area (Å²) in [5, 5.41) is 0.434. The molecule has 0 radical (unpaired) electrons. The third-order valence-corrected chi connectivity index (χ3v) is 5.44. The van der Waals surface area contributed by atoms with Gasteiger partial charge in [-0.1, -0.05) is 48.5 Å². The van der Waals surface area contributed by atoms with Crippen molar-refractivity contribution in [1.29, 1.82) is 0 Å². The van der Waals surface area contributed by atoms with Gasteiger partial charge in [0.1, 0.15) is 0 Å². The molecular weight excluding hydrogens is 234 g/mol. The quantitative estimate of drug-likeness (QED) is 0.566. The zero-order valence-electron chi connectivity index (χ0n) is 9.87. The first-order valence-corrected chi connectivity index (χ1v) is 7.29. The number of aryl methyl sites for hydroxylation is 2. The Morgan fingerprint density at radius 1 is 0.706 bits per heavy atom. The number of benzene rings is 2. The lowest BCUT2D eigenvalue weighted by Crippen LogP contribution is -2.52. The molecule has 2 aromatic carbocycles. The van der Waals surface area contributed by atoms with Gasteiger partial charge in [-0.15, -0.1) is 0 Å². The van der Waals surface area contributed by atoms with Gasteiger partial charge in [-0.25, -0.2) is 0 Å². The molecular formula is C14H14F2Si. The Labute approximate surface area is 101 Å². The van der Waals surface area contributed by atoms with Crippen LogP contribution in [0.3, 0.4) is 0 Å². The van der Waals surface area contributed by atoms with Crippen molar-refractivity contribution in [3.8, 4) is 0 Å². The summed E-state index contributed by atoms with van der Waals surface area (Å²) < 4.78 is 29.1. The lowest BCUT2D eigenvalue weighted by Gasteiger charge is -2.17. The fourth-order valence-corrected chi connectivity index (χ4v) is 4.05. The lowest BCUT2D eigenvalue weighted by molar-refractivity contribution is 0.653. The maximum atomic E-state index is 14.5. The zero-order valence-corrected chi connectivity index (χ0v) is 10.9. The van der Waals surface area contributed by atoms with Crippen molar-refractivity contribution in [2.24, 2.45) is 0 Å². The summed E-state index contributed by atoms with van der Waals surface area (Å²) in [6, 6.07) is 13.5. The van der Waals surface area contributed by atoms with Crippen LogP contribution in [0.15, 0.2) is 48.5 Å². The van der Waals surface area contributed by atoms with E-state index in [2.05, 4.69) is 0 Å². The maximum absolute atomic E-state index is 14.5. The van der Waals surface area contributed by atoms with Crippen molar-refractivity contribution in [2.75, 3.05) is 0 Å². The molecule has 0 aromatic heterocycles. The first-order chi connectivity index (χ1) is 8.03. The Hall–Kier alpha value is -1.48. The highest BCUT2D eigenvalue weighted by Crippen LogP contribution is 2.13. The molecule has 0 saturated heterocycles. The minimum Gasteiger partial charge on any atom is -0.259 e. The van der Waals surface area contributed by atoms with E-state index in [1.165, 1.54) is 0 Å². The van der Waals surface area contributed by atoms with Gasteiger partial charge >= 0.3 is 8.74 Å². The standard InChI is InChI=1S/C14H14F2Si/c1-11-7-3-5-9-13(11)17(15,16)14-10-6-4-8-12(14)2/h3-10H,1-2H3. The molecule has 0 N–H and O–H groups in total. The van der Waals surface area contributed by atoms with Crippen LogP contribution in [0.2, 0.25) is 0 Å². The Balaban J connectivity index is 2.58. The second kappa shape index (κ2) is 4.41. The van der Waals surface area contributed by atoms with Gasteiger partial charge in [-0.3, -0.25) is 8.22 Å². The van der Waals surface area contributed by atoms with Crippen molar-refractivity contribution in [3.63, 3.8) is 0 Å². The Bertz CT molecular complexity index is 488. The minimum atomic E-state index is -4.54. The summed E-state index contributed by atoms with van der Waals surface area (Å²) >= 11 is 0. The molecule has 0 heterocycles. The summed E-state index contributed by atoms with van der Waals surface area (Å²) in [6.07, 6.45) is 0. The molecule has 0 unspecified atom stereocenters. The number of hydrogen-bond donors (Lipinski definition) is 0. The van der Waals surface area contributed by atoms with E-state index < -0.39 is 8.74 Å². The minimum absolute atomic E-state index is 0.217. The van der Waals surface area contributed by atoms with Gasteiger partial charge in [0.2, 0.25) is 0 Å². The molecule has 0 aliphatic carbocycles. The monoisotopic (exact) mass is 248 g/mol. The summed E-state index contributed by atoms with van der Waals surface area (Å²) in [5.74, 6) is 0. The molecule has 0 nitrogen and oxygen atoms in total. The molecule has 0 aliphatic heterocycles. The predicted molar refractivity (Wildman–Crippen MR) is 69.6 cm³/mol. The maximum Gasteiger partial charge on any atom is 0.488 e. The van der Waals surface area contributed by atoms with E-state index in [1.54, 1.807) is 62.4 Å². The van der Waals surface area contributed by atoms with Gasteiger partial charge in [0.25, 0.3) is 0 Å². The third-order valence-electron chi connectivity index (χ3n) is 2.97. The topological polar surface area (TPSA) is 0 Å². The van der Waals surface area contributed by atoms with Gasteiger partial charge in [0, 0.05) is 10.4 Å². The summed E-state index contributed by atoms with van der Waals surface area (Å²) in [5.41, 5.74) is 1.35. The first kappa shape index (κ1) is 12.0. The van der Waals surface area contributed by atoms with Crippen molar-refractivity contribution in [1.82, 2.24) is 0 Å². The fraction of sp³-hybridized carbons (Fsp3) is 0.143. The van der Waals surface area contributed by atoms with E-state index in [-0.39, 0.29) is 10.4 Å². The molecule has 0 atom stereocenters. The number of hydrogen-bond acceptors (Lipinski definition) is 0. The summed E-state index contributed by atoms with van der Waals surface area (Å²) in [7, 11) is -4.54. The average Bonchev–Trinajstić information content (AvgIpc) is 2.29. The Morgan fingerprint density at radius 3 is 1.41 bits per heavy atom. The molecule has 2 rings (SSSR count). The molecule has 0 fully saturated rings. The van der Waals surface area contributed by atoms with Gasteiger partial charge in [-0.2, -0.15) is 0 Å². The van der Waals surface area contributed by atoms with Crippen LogP contribution in [-0.4, -0.2) is 8.74 Å². The van der Waals surface area contributed by atoms with Crippen LogP contribution >= 0.6 is 0 Å². The van der Waals surface area contributed by atoms with Crippen LogP contribution < -0.4 is 10.4 Å². The second-order valence-electron chi connectivity index (χ2n) is 4.20. The van der Waals surface area contributed by atoms with Crippen molar-refractivity contribution >= 4 is 19.1 Å². The Morgan fingerprint density at radius 2 is 1.06 bits per heavy atom. The predicted octanol–water partition coefficient (Wildman–Crippen LogP) is 2.80. The van der Waals surface area contributed by atoms with Crippen LogP contribution in [0, 0.1) is 13.8 Å². The first-order valence-electron chi connectivity index (χ1n) is 5.53. The molecule has 17 heavy (non-hydrogen) atoms. The van der Waals surface area contributed by atoms with Crippen LogP contribution in [0.25, 0.3) is 0 Å². The molecule has 0 saturated carbocycles. The Kier molecular flexibility index (Phi) is 3.11. The van der Waals surface area contributed by atoms with Crippen molar-refractivity contribution in [2.45, 2.75) is 13.8 Å². The normalized spacial score (nSPS) is 11.5. The van der Waals surface area contributed by atoms with Gasteiger partial charge in [0.15, 0.2) is 0 Å². The van der Waals surface area contributed by atoms with E-state index in [4.69, 9.17) is 0 Å². The van der Waals surface area contributed by atoms with E-state index >= 15 is 0 Å². The van der Waals surface area contributed by atoms with E-state index in [0.29, 0.717) is 11.1 Å². The van der Waals surface area contributed by atoms with Crippen LogP contribution in [0.5, 0.6) is 0 Å². The SMILES string of the molecule is Cc1ccccc1[Si](F)(F)c1ccccc1C. The lowest BCUT2D eigenvalue weighted by atomic mass is 10.2. The summed E-state index contributed by atoms with van der Waals surface area (Å²) in [6.45, 7) is 3.49. The average molecular weight is 248 g/mol. The largest absolute Gasteiger partial charge is 0.488 e. The van der Waals surface area contributed by atoms with Crippen LogP contribution in [-0.2, 0) is 0 Å². The highest BCUT2D eigenvalue weighted by atomic mass is 28.4. The van der Waals surface area contributed by atoms with Gasteiger partial charge in [0.05, 0.1) is 0 Å². The molecule has 0 amide bonds. The third kappa shape index (κ3) is 2.15. The van der Waals surface area contributed by atoms with Crippen molar-refractivity contribution < 1.29 is 8.22 Å².